The van der Waals surface area contributed by atoms with Crippen LogP contribution in [-0.2, 0) is 21.0 Å². The van der Waals surface area contributed by atoms with Crippen LogP contribution in [0.1, 0.15) is 76.8 Å². The molecule has 1 heterocycles. The molecule has 222 valence electrons. The Hall–Kier alpha value is -4.19. The highest BCUT2D eigenvalue weighted by molar-refractivity contribution is 6.06. The van der Waals surface area contributed by atoms with Gasteiger partial charge in [-0.25, -0.2) is 0 Å². The van der Waals surface area contributed by atoms with Crippen LogP contribution in [0, 0.1) is 10.8 Å². The highest BCUT2D eigenvalue weighted by Crippen LogP contribution is 2.54. The smallest absolute Gasteiger partial charge is 0.162 e. The second-order valence-electron chi connectivity index (χ2n) is 13.8. The summed E-state index contributed by atoms with van der Waals surface area (Å²) in [5, 5.41) is 13.9. The minimum Gasteiger partial charge on any atom is -0.550 e. The zero-order chi connectivity index (χ0) is 30.5. The standard InChI is InChI=1S/C37H39NO5/c1-36(2)18-28-34(30(39)20-36)33(35-29(38(28)17-16-32(41)42)19-37(3,4)21-31(35)40)24-12-14-26(15-13-24)43-22-25-10-7-9-23-8-5-6-11-27(23)25/h5-15,33H,16-22H2,1-4H3,(H,41,42)/p-1. The van der Waals surface area contributed by atoms with Gasteiger partial charge in [-0.1, -0.05) is 82.3 Å². The van der Waals surface area contributed by atoms with Crippen LogP contribution in [0.15, 0.2) is 89.3 Å². The van der Waals surface area contributed by atoms with Crippen molar-refractivity contribution in [3.05, 3.63) is 100 Å². The van der Waals surface area contributed by atoms with E-state index in [9.17, 15) is 19.5 Å². The van der Waals surface area contributed by atoms with Crippen molar-refractivity contribution in [3.63, 3.8) is 0 Å². The fourth-order valence-electron chi connectivity index (χ4n) is 7.19. The summed E-state index contributed by atoms with van der Waals surface area (Å²) in [6, 6.07) is 22.2. The largest absolute Gasteiger partial charge is 0.550 e. The molecular formula is C37H38NO5-. The maximum absolute atomic E-state index is 13.9. The second-order valence-corrected chi connectivity index (χ2v) is 13.8. The Morgan fingerprint density at radius 2 is 1.40 bits per heavy atom. The van der Waals surface area contributed by atoms with E-state index in [1.54, 1.807) is 0 Å². The van der Waals surface area contributed by atoms with Gasteiger partial charge >= 0.3 is 0 Å². The molecule has 0 N–H and O–H groups in total. The zero-order valence-electron chi connectivity index (χ0n) is 25.4. The number of aliphatic carboxylic acids is 1. The molecule has 3 aromatic carbocycles. The van der Waals surface area contributed by atoms with Gasteiger partial charge < -0.3 is 19.5 Å². The number of Topliss-reactive ketones (excluding diaryl/α,β-unsaturated/α-hetero) is 2. The van der Waals surface area contributed by atoms with E-state index in [-0.39, 0.29) is 35.4 Å². The predicted octanol–water partition coefficient (Wildman–Crippen LogP) is 6.24. The van der Waals surface area contributed by atoms with E-state index < -0.39 is 11.9 Å². The minimum absolute atomic E-state index is 0.0233. The molecule has 0 spiro atoms. The highest BCUT2D eigenvalue weighted by Gasteiger charge is 2.48. The molecule has 0 saturated heterocycles. The van der Waals surface area contributed by atoms with Crippen molar-refractivity contribution in [1.82, 2.24) is 4.90 Å². The van der Waals surface area contributed by atoms with Gasteiger partial charge in [-0.2, -0.15) is 0 Å². The number of fused-ring (bicyclic) bond motifs is 1. The monoisotopic (exact) mass is 576 g/mol. The second kappa shape index (κ2) is 10.8. The summed E-state index contributed by atoms with van der Waals surface area (Å²) in [5.41, 5.74) is 4.40. The van der Waals surface area contributed by atoms with E-state index in [4.69, 9.17) is 4.74 Å². The Morgan fingerprint density at radius 1 is 0.814 bits per heavy atom. The van der Waals surface area contributed by atoms with Crippen molar-refractivity contribution in [2.24, 2.45) is 10.8 Å². The Kier molecular flexibility index (Phi) is 7.27. The van der Waals surface area contributed by atoms with E-state index in [1.807, 2.05) is 47.4 Å². The molecule has 0 amide bonds. The van der Waals surface area contributed by atoms with Crippen LogP contribution in [0.5, 0.6) is 5.75 Å². The van der Waals surface area contributed by atoms with Gasteiger partial charge in [0.15, 0.2) is 11.6 Å². The van der Waals surface area contributed by atoms with Gasteiger partial charge in [0.1, 0.15) is 12.4 Å². The van der Waals surface area contributed by atoms with E-state index in [2.05, 4.69) is 52.0 Å². The summed E-state index contributed by atoms with van der Waals surface area (Å²) >= 11 is 0. The number of nitrogens with zero attached hydrogens (tertiary/aromatic N) is 1. The molecule has 0 saturated carbocycles. The van der Waals surface area contributed by atoms with Crippen molar-refractivity contribution < 1.29 is 24.2 Å². The van der Waals surface area contributed by atoms with E-state index >= 15 is 0 Å². The zero-order valence-corrected chi connectivity index (χ0v) is 25.4. The highest BCUT2D eigenvalue weighted by atomic mass is 16.5. The molecule has 6 heteroatoms. The first kappa shape index (κ1) is 28.9. The topological polar surface area (TPSA) is 86.7 Å². The number of carbonyl (C=O) groups excluding carboxylic acids is 3. The molecule has 3 aromatic rings. The van der Waals surface area contributed by atoms with Crippen molar-refractivity contribution in [1.29, 1.82) is 0 Å². The van der Waals surface area contributed by atoms with Crippen molar-refractivity contribution in [2.45, 2.75) is 72.3 Å². The SMILES string of the molecule is CC1(C)CC(=O)C2=C(C1)N(CCC(=O)[O-])C1=C(C(=O)CC(C)(C)C1)C2c1ccc(OCc2cccc3ccccc23)cc1. The third-order valence-corrected chi connectivity index (χ3v) is 9.05. The number of carbonyl (C=O) groups is 3. The lowest BCUT2D eigenvalue weighted by Gasteiger charge is -2.49. The molecule has 0 radical (unpaired) electrons. The summed E-state index contributed by atoms with van der Waals surface area (Å²) in [6.45, 7) is 8.89. The van der Waals surface area contributed by atoms with Crippen LogP contribution >= 0.6 is 0 Å². The van der Waals surface area contributed by atoms with Crippen LogP contribution in [0.25, 0.3) is 10.8 Å². The fraction of sp³-hybridized carbons (Fsp3) is 0.378. The number of hydrogen-bond donors (Lipinski definition) is 0. The maximum atomic E-state index is 13.9. The lowest BCUT2D eigenvalue weighted by Crippen LogP contribution is -2.45. The van der Waals surface area contributed by atoms with Crippen LogP contribution in [-0.4, -0.2) is 29.0 Å². The fourth-order valence-corrected chi connectivity index (χ4v) is 7.19. The summed E-state index contributed by atoms with van der Waals surface area (Å²) in [4.78, 5) is 41.3. The van der Waals surface area contributed by atoms with Crippen LogP contribution in [0.2, 0.25) is 0 Å². The molecule has 43 heavy (non-hydrogen) atoms. The predicted molar refractivity (Wildman–Crippen MR) is 164 cm³/mol. The average molecular weight is 577 g/mol. The Labute approximate surface area is 253 Å². The molecule has 0 aromatic heterocycles. The molecule has 6 nitrogen and oxygen atoms in total. The summed E-state index contributed by atoms with van der Waals surface area (Å²) < 4.78 is 6.20. The number of ether oxygens (including phenoxy) is 1. The van der Waals surface area contributed by atoms with Gasteiger partial charge in [0, 0.05) is 60.2 Å². The van der Waals surface area contributed by atoms with Crippen molar-refractivity contribution in [3.8, 4) is 5.75 Å². The number of benzene rings is 3. The van der Waals surface area contributed by atoms with Gasteiger partial charge in [0.2, 0.25) is 0 Å². The third-order valence-electron chi connectivity index (χ3n) is 9.05. The van der Waals surface area contributed by atoms with Gasteiger partial charge in [-0.3, -0.25) is 9.59 Å². The normalized spacial score (nSPS) is 19.9. The average Bonchev–Trinajstić information content (AvgIpc) is 2.93. The lowest BCUT2D eigenvalue weighted by atomic mass is 9.63. The number of carboxylic acids is 1. The van der Waals surface area contributed by atoms with Gasteiger partial charge in [0.25, 0.3) is 0 Å². The van der Waals surface area contributed by atoms with Crippen LogP contribution < -0.4 is 9.84 Å². The molecule has 1 aliphatic heterocycles. The first-order valence-corrected chi connectivity index (χ1v) is 15.1. The number of carboxylic acid groups (broad SMARTS) is 1. The van der Waals surface area contributed by atoms with Crippen molar-refractivity contribution >= 4 is 28.3 Å². The lowest BCUT2D eigenvalue weighted by molar-refractivity contribution is -0.305. The van der Waals surface area contributed by atoms with E-state index in [0.717, 1.165) is 27.9 Å². The Balaban J connectivity index is 1.38. The molecule has 0 atom stereocenters. The number of allylic oxidation sites excluding steroid dienone is 4. The molecule has 0 unspecified atom stereocenters. The number of ketones is 2. The first-order valence-electron chi connectivity index (χ1n) is 15.1. The summed E-state index contributed by atoms with van der Waals surface area (Å²) in [6.07, 6.45) is 1.85. The summed E-state index contributed by atoms with van der Waals surface area (Å²) in [7, 11) is 0. The molecular weight excluding hydrogens is 538 g/mol. The number of hydrogen-bond acceptors (Lipinski definition) is 6. The third kappa shape index (κ3) is 5.63. The molecule has 0 bridgehead atoms. The molecule has 3 aliphatic rings. The van der Waals surface area contributed by atoms with Crippen LogP contribution in [0.4, 0.5) is 0 Å². The first-order chi connectivity index (χ1) is 20.4. The van der Waals surface area contributed by atoms with Gasteiger partial charge in [-0.15, -0.1) is 0 Å². The van der Waals surface area contributed by atoms with Gasteiger partial charge in [0.05, 0.1) is 0 Å². The Morgan fingerprint density at radius 3 is 2.00 bits per heavy atom. The maximum Gasteiger partial charge on any atom is 0.162 e. The quantitative estimate of drug-likeness (QED) is 0.331. The van der Waals surface area contributed by atoms with Crippen molar-refractivity contribution in [2.75, 3.05) is 6.54 Å². The van der Waals surface area contributed by atoms with Gasteiger partial charge in [-0.05, 0) is 57.7 Å². The minimum atomic E-state index is -1.15. The van der Waals surface area contributed by atoms with E-state index in [1.165, 1.54) is 5.39 Å². The summed E-state index contributed by atoms with van der Waals surface area (Å²) in [5.74, 6) is -0.874. The molecule has 2 aliphatic carbocycles. The Bertz CT molecular complexity index is 1630. The van der Waals surface area contributed by atoms with Crippen LogP contribution in [0.3, 0.4) is 0 Å². The van der Waals surface area contributed by atoms with E-state index in [0.29, 0.717) is 49.2 Å². The molecule has 6 rings (SSSR count). The number of rotatable bonds is 7. The molecule has 0 fully saturated rings.